The molecule has 0 aliphatic carbocycles. The molecular weight excluding hydrogens is 144 g/mol. The first-order valence-corrected chi connectivity index (χ1v) is 3.77. The van der Waals surface area contributed by atoms with Gasteiger partial charge in [-0.05, 0) is 5.92 Å². The van der Waals surface area contributed by atoms with Gasteiger partial charge < -0.3 is 5.48 Å². The van der Waals surface area contributed by atoms with Crippen molar-refractivity contribution in [2.24, 2.45) is 0 Å². The van der Waals surface area contributed by atoms with Crippen molar-refractivity contribution < 1.29 is 18.4 Å². The summed E-state index contributed by atoms with van der Waals surface area (Å²) in [6.45, 7) is 3.29. The van der Waals surface area contributed by atoms with E-state index < -0.39 is 10.1 Å². The lowest BCUT2D eigenvalue weighted by Crippen LogP contribution is -2.07. The predicted molar refractivity (Wildman–Crippen MR) is 34.6 cm³/mol. The molecule has 0 amide bonds. The van der Waals surface area contributed by atoms with E-state index >= 15 is 0 Å². The molecule has 4 nitrogen and oxygen atoms in total. The minimum absolute atomic E-state index is 0. The lowest BCUT2D eigenvalue weighted by molar-refractivity contribution is 0.484. The molecule has 0 spiro atoms. The molecular formula is C4H11O4S. The molecule has 0 aromatic heterocycles. The Labute approximate surface area is 54.9 Å². The third kappa shape index (κ3) is 11.4. The SMILES string of the molecule is C[C](C)CS(=O)(=O)O.O. The molecule has 0 unspecified atom stereocenters. The Bertz CT molecular complexity index is 146. The summed E-state index contributed by atoms with van der Waals surface area (Å²) >= 11 is 0. The van der Waals surface area contributed by atoms with Crippen molar-refractivity contribution in [1.82, 2.24) is 0 Å². The molecule has 0 fully saturated rings. The van der Waals surface area contributed by atoms with Gasteiger partial charge >= 0.3 is 0 Å². The van der Waals surface area contributed by atoms with Crippen molar-refractivity contribution in [2.75, 3.05) is 5.75 Å². The minimum Gasteiger partial charge on any atom is -0.412 e. The van der Waals surface area contributed by atoms with Crippen LogP contribution in [0.4, 0.5) is 0 Å². The van der Waals surface area contributed by atoms with Crippen molar-refractivity contribution in [3.63, 3.8) is 0 Å². The highest BCUT2D eigenvalue weighted by Crippen LogP contribution is 1.97. The Morgan fingerprint density at radius 1 is 1.44 bits per heavy atom. The van der Waals surface area contributed by atoms with Crippen LogP contribution in [0.1, 0.15) is 13.8 Å². The van der Waals surface area contributed by atoms with Crippen LogP contribution >= 0.6 is 0 Å². The summed E-state index contributed by atoms with van der Waals surface area (Å²) in [6, 6.07) is 0. The maximum atomic E-state index is 9.98. The topological polar surface area (TPSA) is 85.9 Å². The fourth-order valence-electron chi connectivity index (χ4n) is 0.365. The Kier molecular flexibility index (Phi) is 4.93. The summed E-state index contributed by atoms with van der Waals surface area (Å²) in [5.74, 6) is 0.458. The van der Waals surface area contributed by atoms with Crippen molar-refractivity contribution in [3.05, 3.63) is 5.92 Å². The molecule has 0 heterocycles. The zero-order valence-electron chi connectivity index (χ0n) is 5.38. The smallest absolute Gasteiger partial charge is 0.265 e. The second-order valence-corrected chi connectivity index (χ2v) is 3.39. The molecule has 5 heteroatoms. The lowest BCUT2D eigenvalue weighted by Gasteiger charge is -1.96. The number of rotatable bonds is 2. The molecule has 0 aromatic rings. The Morgan fingerprint density at radius 2 is 1.78 bits per heavy atom. The molecule has 3 N–H and O–H groups in total. The number of hydrogen-bond donors (Lipinski definition) is 1. The monoisotopic (exact) mass is 155 g/mol. The third-order valence-electron chi connectivity index (χ3n) is 0.471. The fourth-order valence-corrected chi connectivity index (χ4v) is 1.09. The van der Waals surface area contributed by atoms with E-state index in [-0.39, 0.29) is 11.2 Å². The van der Waals surface area contributed by atoms with Crippen molar-refractivity contribution >= 4 is 10.1 Å². The Balaban J connectivity index is 0. The zero-order chi connectivity index (χ0) is 6.78. The van der Waals surface area contributed by atoms with Crippen molar-refractivity contribution in [1.29, 1.82) is 0 Å². The van der Waals surface area contributed by atoms with Crippen LogP contribution in [-0.2, 0) is 10.1 Å². The largest absolute Gasteiger partial charge is 0.412 e. The highest BCUT2D eigenvalue weighted by atomic mass is 32.2. The van der Waals surface area contributed by atoms with E-state index in [1.165, 1.54) is 0 Å². The van der Waals surface area contributed by atoms with Gasteiger partial charge in [-0.2, -0.15) is 8.42 Å². The first-order valence-electron chi connectivity index (χ1n) is 2.16. The van der Waals surface area contributed by atoms with E-state index in [2.05, 4.69) is 0 Å². The molecule has 0 rings (SSSR count). The second kappa shape index (κ2) is 3.81. The molecule has 9 heavy (non-hydrogen) atoms. The molecule has 0 aromatic carbocycles. The number of hydrogen-bond acceptors (Lipinski definition) is 2. The average Bonchev–Trinajstić information content (AvgIpc) is 1.21. The van der Waals surface area contributed by atoms with Gasteiger partial charge in [-0.3, -0.25) is 4.55 Å². The normalized spacial score (nSPS) is 11.1. The van der Waals surface area contributed by atoms with Gasteiger partial charge in [-0.15, -0.1) is 0 Å². The molecule has 0 saturated carbocycles. The minimum atomic E-state index is -3.76. The highest BCUT2D eigenvalue weighted by molar-refractivity contribution is 7.85. The van der Waals surface area contributed by atoms with Crippen LogP contribution in [0.25, 0.3) is 0 Å². The van der Waals surface area contributed by atoms with E-state index in [1.807, 2.05) is 0 Å². The van der Waals surface area contributed by atoms with Crippen molar-refractivity contribution in [2.45, 2.75) is 13.8 Å². The Morgan fingerprint density at radius 3 is 1.78 bits per heavy atom. The molecule has 0 aliphatic heterocycles. The average molecular weight is 155 g/mol. The molecule has 0 aliphatic rings. The summed E-state index contributed by atoms with van der Waals surface area (Å²) in [5, 5.41) is 0. The first kappa shape index (κ1) is 11.6. The van der Waals surface area contributed by atoms with E-state index in [9.17, 15) is 8.42 Å². The maximum absolute atomic E-state index is 9.98. The standard InChI is InChI=1S/C4H9O3S.H2O/c1-4(2)3-8(5,6)7;/h3H2,1-2H3,(H,5,6,7);1H2. The summed E-state index contributed by atoms with van der Waals surface area (Å²) in [6.07, 6.45) is 0. The van der Waals surface area contributed by atoms with Gasteiger partial charge in [-0.25, -0.2) is 0 Å². The van der Waals surface area contributed by atoms with E-state index in [0.717, 1.165) is 0 Å². The quantitative estimate of drug-likeness (QED) is 0.553. The predicted octanol–water partition coefficient (Wildman–Crippen LogP) is -0.336. The van der Waals surface area contributed by atoms with Crippen LogP contribution < -0.4 is 0 Å². The molecule has 0 atom stereocenters. The van der Waals surface area contributed by atoms with Crippen LogP contribution in [0.15, 0.2) is 0 Å². The maximum Gasteiger partial charge on any atom is 0.265 e. The van der Waals surface area contributed by atoms with Gasteiger partial charge in [0.25, 0.3) is 10.1 Å². The van der Waals surface area contributed by atoms with E-state index in [4.69, 9.17) is 4.55 Å². The van der Waals surface area contributed by atoms with Crippen molar-refractivity contribution in [3.8, 4) is 0 Å². The van der Waals surface area contributed by atoms with Crippen LogP contribution in [-0.4, -0.2) is 24.2 Å². The zero-order valence-corrected chi connectivity index (χ0v) is 6.20. The van der Waals surface area contributed by atoms with E-state index in [0.29, 0.717) is 5.92 Å². The van der Waals surface area contributed by atoms with Gasteiger partial charge in [0.1, 0.15) is 0 Å². The van der Waals surface area contributed by atoms with Gasteiger partial charge in [0.05, 0.1) is 5.75 Å². The van der Waals surface area contributed by atoms with Crippen LogP contribution in [0, 0.1) is 5.92 Å². The summed E-state index contributed by atoms with van der Waals surface area (Å²) < 4.78 is 28.1. The molecule has 0 saturated heterocycles. The van der Waals surface area contributed by atoms with Crippen LogP contribution in [0.2, 0.25) is 0 Å². The van der Waals surface area contributed by atoms with Gasteiger partial charge in [0.15, 0.2) is 0 Å². The van der Waals surface area contributed by atoms with Crippen LogP contribution in [0.5, 0.6) is 0 Å². The van der Waals surface area contributed by atoms with Gasteiger partial charge in [0.2, 0.25) is 0 Å². The summed E-state index contributed by atoms with van der Waals surface area (Å²) in [5.41, 5.74) is 0. The Hall–Kier alpha value is -0.130. The van der Waals surface area contributed by atoms with E-state index in [1.54, 1.807) is 13.8 Å². The lowest BCUT2D eigenvalue weighted by atomic mass is 10.3. The highest BCUT2D eigenvalue weighted by Gasteiger charge is 2.06. The third-order valence-corrected chi connectivity index (χ3v) is 1.41. The summed E-state index contributed by atoms with van der Waals surface area (Å²) in [7, 11) is -3.76. The first-order chi connectivity index (χ1) is 3.42. The molecule has 0 bridgehead atoms. The van der Waals surface area contributed by atoms with Gasteiger partial charge in [-0.1, -0.05) is 13.8 Å². The van der Waals surface area contributed by atoms with Crippen LogP contribution in [0.3, 0.4) is 0 Å². The molecule has 57 valence electrons. The molecule has 1 radical (unpaired) electrons. The fraction of sp³-hybridized carbons (Fsp3) is 0.750. The summed E-state index contributed by atoms with van der Waals surface area (Å²) in [4.78, 5) is 0. The second-order valence-electron chi connectivity index (χ2n) is 1.93. The van der Waals surface area contributed by atoms with Gasteiger partial charge in [0, 0.05) is 0 Å².